The Morgan fingerprint density at radius 3 is 2.67 bits per heavy atom. The van der Waals surface area contributed by atoms with Gasteiger partial charge in [0.05, 0.1) is 18.1 Å². The highest BCUT2D eigenvalue weighted by atomic mass is 16.7. The van der Waals surface area contributed by atoms with Crippen LogP contribution in [0.2, 0.25) is 0 Å². The van der Waals surface area contributed by atoms with Gasteiger partial charge in [-0.1, -0.05) is 0 Å². The largest absolute Gasteiger partial charge is 0.467 e. The van der Waals surface area contributed by atoms with Gasteiger partial charge in [0.2, 0.25) is 5.91 Å². The molecule has 146 valence electrons. The van der Waals surface area contributed by atoms with Crippen molar-refractivity contribution in [1.29, 1.82) is 0 Å². The fourth-order valence-electron chi connectivity index (χ4n) is 3.55. The van der Waals surface area contributed by atoms with E-state index in [2.05, 4.69) is 15.1 Å². The number of hydrogen-bond donors (Lipinski definition) is 1. The number of carbonyl (C=O) groups is 1. The summed E-state index contributed by atoms with van der Waals surface area (Å²) in [5.41, 5.74) is 1.61. The van der Waals surface area contributed by atoms with E-state index < -0.39 is 0 Å². The molecule has 1 saturated heterocycles. The molecular weight excluding hydrogens is 352 g/mol. The Bertz CT molecular complexity index is 729. The molecule has 0 atom stereocenters. The van der Waals surface area contributed by atoms with E-state index in [9.17, 15) is 14.9 Å². The van der Waals surface area contributed by atoms with Crippen LogP contribution in [0.3, 0.4) is 0 Å². The number of amides is 1. The van der Waals surface area contributed by atoms with Gasteiger partial charge in [0.15, 0.2) is 6.79 Å². The minimum absolute atomic E-state index is 0.0632. The van der Waals surface area contributed by atoms with Crippen molar-refractivity contribution in [3.05, 3.63) is 33.4 Å². The summed E-state index contributed by atoms with van der Waals surface area (Å²) >= 11 is 0. The minimum atomic E-state index is -0.380. The first-order valence-electron chi connectivity index (χ1n) is 9.33. The molecule has 0 unspecified atom stereocenters. The highest BCUT2D eigenvalue weighted by Gasteiger charge is 2.26. The zero-order chi connectivity index (χ0) is 18.8. The fourth-order valence-corrected chi connectivity index (χ4v) is 3.55. The third-order valence-electron chi connectivity index (χ3n) is 5.15. The van der Waals surface area contributed by atoms with Gasteiger partial charge in [0.25, 0.3) is 5.69 Å². The Balaban J connectivity index is 1.36. The number of rotatable bonds is 6. The van der Waals surface area contributed by atoms with Gasteiger partial charge in [0, 0.05) is 62.0 Å². The molecule has 1 aromatic rings. The molecule has 0 aromatic heterocycles. The maximum Gasteiger partial charge on any atom is 0.270 e. The van der Waals surface area contributed by atoms with Gasteiger partial charge < -0.3 is 14.8 Å². The number of nitro benzene ring substituents is 1. The lowest BCUT2D eigenvalue weighted by Crippen LogP contribution is -2.49. The van der Waals surface area contributed by atoms with Crippen LogP contribution in [0.4, 0.5) is 5.69 Å². The first-order valence-corrected chi connectivity index (χ1v) is 9.33. The molecule has 0 spiro atoms. The lowest BCUT2D eigenvalue weighted by molar-refractivity contribution is -0.385. The van der Waals surface area contributed by atoms with Gasteiger partial charge >= 0.3 is 0 Å². The monoisotopic (exact) mass is 376 g/mol. The van der Waals surface area contributed by atoms with Crippen molar-refractivity contribution in [2.45, 2.75) is 32.0 Å². The molecule has 2 fully saturated rings. The first kappa shape index (κ1) is 18.1. The predicted octanol–water partition coefficient (Wildman–Crippen LogP) is 0.857. The Kier molecular flexibility index (Phi) is 5.24. The molecular formula is C18H24N4O5. The summed E-state index contributed by atoms with van der Waals surface area (Å²) < 4.78 is 10.9. The molecule has 1 amide bonds. The highest BCUT2D eigenvalue weighted by molar-refractivity contribution is 5.78. The summed E-state index contributed by atoms with van der Waals surface area (Å²) in [7, 11) is 0. The number of carbonyl (C=O) groups excluding carboxylic acids is 1. The smallest absolute Gasteiger partial charge is 0.270 e. The Morgan fingerprint density at radius 1 is 1.22 bits per heavy atom. The molecule has 1 saturated carbocycles. The maximum absolute atomic E-state index is 11.9. The van der Waals surface area contributed by atoms with E-state index in [0.29, 0.717) is 31.5 Å². The third-order valence-corrected chi connectivity index (χ3v) is 5.15. The quantitative estimate of drug-likeness (QED) is 0.581. The molecule has 2 aliphatic heterocycles. The Hall–Kier alpha value is -2.23. The molecule has 9 heteroatoms. The summed E-state index contributed by atoms with van der Waals surface area (Å²) in [4.78, 5) is 27.2. The van der Waals surface area contributed by atoms with Crippen LogP contribution in [-0.4, -0.2) is 66.2 Å². The molecule has 27 heavy (non-hydrogen) atoms. The second-order valence-corrected chi connectivity index (χ2v) is 7.35. The average Bonchev–Trinajstić information content (AvgIpc) is 3.47. The molecule has 4 rings (SSSR count). The molecule has 1 aromatic carbocycles. The van der Waals surface area contributed by atoms with E-state index in [4.69, 9.17) is 9.47 Å². The second-order valence-electron chi connectivity index (χ2n) is 7.35. The van der Waals surface area contributed by atoms with Gasteiger partial charge in [-0.05, 0) is 12.8 Å². The molecule has 3 aliphatic rings. The van der Waals surface area contributed by atoms with Crippen molar-refractivity contribution in [3.63, 3.8) is 0 Å². The van der Waals surface area contributed by atoms with Gasteiger partial charge in [-0.2, -0.15) is 0 Å². The minimum Gasteiger partial charge on any atom is -0.467 e. The van der Waals surface area contributed by atoms with Crippen molar-refractivity contribution >= 4 is 11.6 Å². The zero-order valence-electron chi connectivity index (χ0n) is 15.2. The van der Waals surface area contributed by atoms with Crippen LogP contribution in [0.25, 0.3) is 0 Å². The van der Waals surface area contributed by atoms with E-state index >= 15 is 0 Å². The summed E-state index contributed by atoms with van der Waals surface area (Å²) in [6, 6.07) is 3.51. The predicted molar refractivity (Wildman–Crippen MR) is 96.3 cm³/mol. The van der Waals surface area contributed by atoms with Crippen LogP contribution >= 0.6 is 0 Å². The lowest BCUT2D eigenvalue weighted by atomic mass is 10.1. The van der Waals surface area contributed by atoms with Crippen molar-refractivity contribution in [2.75, 3.05) is 39.5 Å². The van der Waals surface area contributed by atoms with Crippen LogP contribution in [0, 0.1) is 10.1 Å². The summed E-state index contributed by atoms with van der Waals surface area (Å²) in [5, 5.41) is 14.2. The van der Waals surface area contributed by atoms with Gasteiger partial charge in [0.1, 0.15) is 5.75 Å². The maximum atomic E-state index is 11.9. The average molecular weight is 376 g/mol. The molecule has 9 nitrogen and oxygen atoms in total. The topological polar surface area (TPSA) is 97.2 Å². The molecule has 0 radical (unpaired) electrons. The number of ether oxygens (including phenoxy) is 2. The number of non-ortho nitro benzene ring substituents is 1. The number of hydrogen-bond acceptors (Lipinski definition) is 7. The highest BCUT2D eigenvalue weighted by Crippen LogP contribution is 2.33. The van der Waals surface area contributed by atoms with Crippen molar-refractivity contribution in [2.24, 2.45) is 0 Å². The summed E-state index contributed by atoms with van der Waals surface area (Å²) in [6.07, 6.45) is 2.19. The number of nitro groups is 1. The summed E-state index contributed by atoms with van der Waals surface area (Å²) in [6.45, 7) is 4.76. The molecule has 2 heterocycles. The lowest BCUT2D eigenvalue weighted by Gasteiger charge is -2.34. The third kappa shape index (κ3) is 4.55. The normalized spacial score (nSPS) is 20.6. The number of nitrogens with zero attached hydrogens (tertiary/aromatic N) is 3. The summed E-state index contributed by atoms with van der Waals surface area (Å²) in [5.74, 6) is 0.810. The van der Waals surface area contributed by atoms with E-state index in [1.54, 1.807) is 6.07 Å². The Morgan fingerprint density at radius 2 is 1.96 bits per heavy atom. The van der Waals surface area contributed by atoms with Crippen molar-refractivity contribution < 1.29 is 19.2 Å². The second kappa shape index (κ2) is 7.79. The zero-order valence-corrected chi connectivity index (χ0v) is 15.2. The number of piperazine rings is 1. The van der Waals surface area contributed by atoms with E-state index in [1.807, 2.05) is 0 Å². The molecule has 0 bridgehead atoms. The van der Waals surface area contributed by atoms with Crippen LogP contribution in [0.15, 0.2) is 12.1 Å². The Labute approximate surface area is 157 Å². The van der Waals surface area contributed by atoms with Crippen molar-refractivity contribution in [3.8, 4) is 5.75 Å². The first-order chi connectivity index (χ1) is 13.1. The van der Waals surface area contributed by atoms with Crippen LogP contribution in [0.5, 0.6) is 5.75 Å². The van der Waals surface area contributed by atoms with Gasteiger partial charge in [-0.25, -0.2) is 0 Å². The van der Waals surface area contributed by atoms with Crippen LogP contribution in [-0.2, 0) is 22.7 Å². The number of fused-ring (bicyclic) bond motifs is 1. The van der Waals surface area contributed by atoms with Crippen LogP contribution in [0.1, 0.15) is 24.0 Å². The SMILES string of the molecule is O=C(CN1CCN(Cc2cc([N+](=O)[O-])cc3c2OCOC3)CC1)NC1CC1. The molecule has 1 aliphatic carbocycles. The van der Waals surface area contributed by atoms with Gasteiger partial charge in [-0.3, -0.25) is 24.7 Å². The number of nitrogens with one attached hydrogen (secondary N) is 1. The van der Waals surface area contributed by atoms with Crippen molar-refractivity contribution in [1.82, 2.24) is 15.1 Å². The molecule has 1 N–H and O–H groups in total. The van der Waals surface area contributed by atoms with E-state index in [0.717, 1.165) is 50.1 Å². The fraction of sp³-hybridized carbons (Fsp3) is 0.611. The van der Waals surface area contributed by atoms with E-state index in [-0.39, 0.29) is 23.3 Å². The van der Waals surface area contributed by atoms with E-state index in [1.165, 1.54) is 6.07 Å². The van der Waals surface area contributed by atoms with Gasteiger partial charge in [-0.15, -0.1) is 0 Å². The standard InChI is InChI=1S/C18H24N4O5/c23-17(19-15-1-2-15)10-21-5-3-20(4-6-21)9-13-7-16(22(24)25)8-14-11-26-12-27-18(13)14/h7-8,15H,1-6,9-12H2,(H,19,23). The number of benzene rings is 1. The van der Waals surface area contributed by atoms with Crippen LogP contribution < -0.4 is 10.1 Å².